The molecule has 0 saturated heterocycles. The molecular weight excluding hydrogens is 242 g/mol. The molecule has 5 heteroatoms. The third kappa shape index (κ3) is 6.26. The quantitative estimate of drug-likeness (QED) is 0.615. The van der Waals surface area contributed by atoms with E-state index in [1.54, 1.807) is 7.11 Å². The van der Waals surface area contributed by atoms with Gasteiger partial charge in [-0.3, -0.25) is 4.79 Å². The standard InChI is InChI=1S/C12H17NO3.ClH/c1-15-7-8-16-12(14)11(13)9-10-5-3-2-4-6-10;/h2-6,11H,7-9,13H2,1H3;1H/t11-;/m1./s1. The third-order valence-electron chi connectivity index (χ3n) is 2.13. The minimum absolute atomic E-state index is 0. The molecule has 0 spiro atoms. The van der Waals surface area contributed by atoms with Crippen LogP contribution in [-0.4, -0.2) is 32.3 Å². The van der Waals surface area contributed by atoms with Gasteiger partial charge in [-0.15, -0.1) is 12.4 Å². The van der Waals surface area contributed by atoms with Crippen molar-refractivity contribution in [3.8, 4) is 0 Å². The summed E-state index contributed by atoms with van der Waals surface area (Å²) in [4.78, 5) is 11.4. The van der Waals surface area contributed by atoms with E-state index in [-0.39, 0.29) is 25.0 Å². The van der Waals surface area contributed by atoms with Gasteiger partial charge in [-0.25, -0.2) is 0 Å². The number of ether oxygens (including phenoxy) is 2. The number of hydrogen-bond acceptors (Lipinski definition) is 4. The Labute approximate surface area is 108 Å². The van der Waals surface area contributed by atoms with Crippen LogP contribution in [0.2, 0.25) is 0 Å². The molecule has 17 heavy (non-hydrogen) atoms. The molecule has 0 heterocycles. The first kappa shape index (κ1) is 15.9. The van der Waals surface area contributed by atoms with E-state index in [9.17, 15) is 4.79 Å². The first-order valence-corrected chi connectivity index (χ1v) is 5.19. The number of halogens is 1. The van der Waals surface area contributed by atoms with E-state index in [4.69, 9.17) is 15.2 Å². The minimum atomic E-state index is -0.612. The van der Waals surface area contributed by atoms with E-state index >= 15 is 0 Å². The lowest BCUT2D eigenvalue weighted by molar-refractivity contribution is -0.146. The maximum atomic E-state index is 11.4. The number of carbonyl (C=O) groups excluding carboxylic acids is 1. The summed E-state index contributed by atoms with van der Waals surface area (Å²) in [7, 11) is 1.55. The number of rotatable bonds is 6. The summed E-state index contributed by atoms with van der Waals surface area (Å²) in [5.41, 5.74) is 6.74. The van der Waals surface area contributed by atoms with Gasteiger partial charge in [0.25, 0.3) is 0 Å². The fourth-order valence-corrected chi connectivity index (χ4v) is 1.28. The highest BCUT2D eigenvalue weighted by molar-refractivity contribution is 5.85. The van der Waals surface area contributed by atoms with Crippen LogP contribution in [0.15, 0.2) is 30.3 Å². The van der Waals surface area contributed by atoms with Crippen molar-refractivity contribution in [2.45, 2.75) is 12.5 Å². The fraction of sp³-hybridized carbons (Fsp3) is 0.417. The molecule has 4 nitrogen and oxygen atoms in total. The Kier molecular flexibility index (Phi) is 8.40. The van der Waals surface area contributed by atoms with Crippen molar-refractivity contribution in [1.29, 1.82) is 0 Å². The number of methoxy groups -OCH3 is 1. The van der Waals surface area contributed by atoms with Crippen molar-refractivity contribution in [2.24, 2.45) is 5.73 Å². The Morgan fingerprint density at radius 3 is 2.53 bits per heavy atom. The number of benzene rings is 1. The summed E-state index contributed by atoms with van der Waals surface area (Å²) in [5, 5.41) is 0. The highest BCUT2D eigenvalue weighted by atomic mass is 35.5. The van der Waals surface area contributed by atoms with Gasteiger partial charge in [0.05, 0.1) is 6.61 Å². The molecule has 0 fully saturated rings. The van der Waals surface area contributed by atoms with E-state index in [2.05, 4.69) is 0 Å². The first-order chi connectivity index (χ1) is 7.74. The zero-order valence-corrected chi connectivity index (χ0v) is 10.6. The second-order valence-electron chi connectivity index (χ2n) is 3.46. The Hall–Kier alpha value is -1.10. The first-order valence-electron chi connectivity index (χ1n) is 5.19. The maximum absolute atomic E-state index is 11.4. The molecule has 0 aliphatic heterocycles. The summed E-state index contributed by atoms with van der Waals surface area (Å²) in [6.45, 7) is 0.640. The molecule has 0 unspecified atom stereocenters. The van der Waals surface area contributed by atoms with Gasteiger partial charge in [-0.1, -0.05) is 30.3 Å². The number of hydrogen-bond donors (Lipinski definition) is 1. The second kappa shape index (κ2) is 8.98. The van der Waals surface area contributed by atoms with Gasteiger partial charge in [0.1, 0.15) is 12.6 Å². The SMILES string of the molecule is COCCOC(=O)[C@H](N)Cc1ccccc1.Cl. The van der Waals surface area contributed by atoms with Crippen LogP contribution in [0.3, 0.4) is 0 Å². The predicted molar refractivity (Wildman–Crippen MR) is 68.2 cm³/mol. The normalized spacial score (nSPS) is 11.4. The molecule has 1 atom stereocenters. The Morgan fingerprint density at radius 2 is 1.94 bits per heavy atom. The molecule has 0 aromatic heterocycles. The van der Waals surface area contributed by atoms with Crippen LogP contribution < -0.4 is 5.73 Å². The molecule has 0 bridgehead atoms. The van der Waals surface area contributed by atoms with Gasteiger partial charge in [0.2, 0.25) is 0 Å². The van der Waals surface area contributed by atoms with E-state index in [0.29, 0.717) is 13.0 Å². The summed E-state index contributed by atoms with van der Waals surface area (Å²) in [6.07, 6.45) is 0.493. The molecule has 0 amide bonds. The van der Waals surface area contributed by atoms with Gasteiger partial charge < -0.3 is 15.2 Å². The molecular formula is C12H18ClNO3. The lowest BCUT2D eigenvalue weighted by Crippen LogP contribution is -2.34. The van der Waals surface area contributed by atoms with E-state index in [1.807, 2.05) is 30.3 Å². The Balaban J connectivity index is 0.00000256. The molecule has 0 aliphatic carbocycles. The van der Waals surface area contributed by atoms with Crippen molar-refractivity contribution in [1.82, 2.24) is 0 Å². The zero-order chi connectivity index (χ0) is 11.8. The summed E-state index contributed by atoms with van der Waals surface area (Å²) in [6, 6.07) is 9.01. The van der Waals surface area contributed by atoms with Crippen LogP contribution in [0.4, 0.5) is 0 Å². The number of carbonyl (C=O) groups is 1. The van der Waals surface area contributed by atoms with Crippen LogP contribution in [0.1, 0.15) is 5.56 Å². The van der Waals surface area contributed by atoms with Crippen molar-refractivity contribution in [2.75, 3.05) is 20.3 Å². The summed E-state index contributed by atoms with van der Waals surface area (Å²) >= 11 is 0. The highest BCUT2D eigenvalue weighted by Crippen LogP contribution is 2.02. The van der Waals surface area contributed by atoms with E-state index < -0.39 is 6.04 Å². The Bertz CT molecular complexity index is 319. The number of esters is 1. The van der Waals surface area contributed by atoms with E-state index in [1.165, 1.54) is 0 Å². The average Bonchev–Trinajstić information content (AvgIpc) is 2.30. The Morgan fingerprint density at radius 1 is 1.29 bits per heavy atom. The van der Waals surface area contributed by atoms with Crippen LogP contribution in [0.25, 0.3) is 0 Å². The van der Waals surface area contributed by atoms with E-state index in [0.717, 1.165) is 5.56 Å². The van der Waals surface area contributed by atoms with Crippen LogP contribution in [0, 0.1) is 0 Å². The lowest BCUT2D eigenvalue weighted by Gasteiger charge is -2.11. The van der Waals surface area contributed by atoms with Crippen molar-refractivity contribution in [3.05, 3.63) is 35.9 Å². The monoisotopic (exact) mass is 259 g/mol. The third-order valence-corrected chi connectivity index (χ3v) is 2.13. The highest BCUT2D eigenvalue weighted by Gasteiger charge is 2.15. The molecule has 2 N–H and O–H groups in total. The van der Waals surface area contributed by atoms with Gasteiger partial charge in [0.15, 0.2) is 0 Å². The predicted octanol–water partition coefficient (Wildman–Crippen LogP) is 1.17. The molecule has 0 saturated carbocycles. The molecule has 1 aromatic rings. The van der Waals surface area contributed by atoms with Crippen molar-refractivity contribution < 1.29 is 14.3 Å². The summed E-state index contributed by atoms with van der Waals surface area (Å²) < 4.78 is 9.70. The maximum Gasteiger partial charge on any atom is 0.323 e. The van der Waals surface area contributed by atoms with Crippen LogP contribution in [0.5, 0.6) is 0 Å². The lowest BCUT2D eigenvalue weighted by atomic mass is 10.1. The molecule has 0 aliphatic rings. The fourth-order valence-electron chi connectivity index (χ4n) is 1.28. The van der Waals surface area contributed by atoms with Crippen molar-refractivity contribution >= 4 is 18.4 Å². The topological polar surface area (TPSA) is 61.5 Å². The van der Waals surface area contributed by atoms with Gasteiger partial charge in [-0.2, -0.15) is 0 Å². The molecule has 96 valence electrons. The van der Waals surface area contributed by atoms with Gasteiger partial charge >= 0.3 is 5.97 Å². The number of nitrogens with two attached hydrogens (primary N) is 1. The van der Waals surface area contributed by atoms with Crippen LogP contribution in [-0.2, 0) is 20.7 Å². The van der Waals surface area contributed by atoms with Gasteiger partial charge in [0, 0.05) is 7.11 Å². The average molecular weight is 260 g/mol. The second-order valence-corrected chi connectivity index (χ2v) is 3.46. The largest absolute Gasteiger partial charge is 0.462 e. The molecule has 1 rings (SSSR count). The van der Waals surface area contributed by atoms with Gasteiger partial charge in [-0.05, 0) is 12.0 Å². The smallest absolute Gasteiger partial charge is 0.323 e. The zero-order valence-electron chi connectivity index (χ0n) is 9.80. The molecule has 1 aromatic carbocycles. The van der Waals surface area contributed by atoms with Crippen molar-refractivity contribution in [3.63, 3.8) is 0 Å². The van der Waals surface area contributed by atoms with Crippen LogP contribution >= 0.6 is 12.4 Å². The summed E-state index contributed by atoms with van der Waals surface area (Å²) in [5.74, 6) is -0.388. The minimum Gasteiger partial charge on any atom is -0.462 e. The molecule has 0 radical (unpaired) electrons.